The van der Waals surface area contributed by atoms with Gasteiger partial charge in [-0.05, 0) is 30.7 Å². The molecule has 24 heavy (non-hydrogen) atoms. The Morgan fingerprint density at radius 1 is 1.21 bits per heavy atom. The zero-order chi connectivity index (χ0) is 17.1. The van der Waals surface area contributed by atoms with Crippen LogP contribution in [-0.4, -0.2) is 18.4 Å². The topological polar surface area (TPSA) is 49.4 Å². The average molecular weight is 343 g/mol. The minimum atomic E-state index is -0.345. The van der Waals surface area contributed by atoms with Gasteiger partial charge in [0.05, 0.1) is 12.0 Å². The van der Waals surface area contributed by atoms with Gasteiger partial charge in [0, 0.05) is 23.7 Å². The molecule has 2 amide bonds. The van der Waals surface area contributed by atoms with Crippen LogP contribution < -0.4 is 10.2 Å². The largest absolute Gasteiger partial charge is 0.349 e. The van der Waals surface area contributed by atoms with E-state index < -0.39 is 0 Å². The lowest BCUT2D eigenvalue weighted by Gasteiger charge is -2.19. The summed E-state index contributed by atoms with van der Waals surface area (Å²) in [6, 6.07) is 16.8. The van der Waals surface area contributed by atoms with Crippen LogP contribution in [0.25, 0.3) is 0 Å². The van der Waals surface area contributed by atoms with Gasteiger partial charge in [-0.2, -0.15) is 0 Å². The Morgan fingerprint density at radius 3 is 2.67 bits per heavy atom. The second-order valence-electron chi connectivity index (χ2n) is 6.03. The third kappa shape index (κ3) is 3.60. The van der Waals surface area contributed by atoms with Gasteiger partial charge in [-0.25, -0.2) is 0 Å². The fourth-order valence-corrected chi connectivity index (χ4v) is 3.12. The molecule has 2 unspecified atom stereocenters. The first kappa shape index (κ1) is 16.5. The Hall–Kier alpha value is -2.33. The quantitative estimate of drug-likeness (QED) is 0.923. The first-order valence-corrected chi connectivity index (χ1v) is 8.33. The molecule has 0 saturated carbocycles. The summed E-state index contributed by atoms with van der Waals surface area (Å²) in [6.07, 6.45) is 0.222. The first-order valence-electron chi connectivity index (χ1n) is 7.96. The van der Waals surface area contributed by atoms with Crippen LogP contribution in [0.4, 0.5) is 5.69 Å². The molecule has 5 heteroatoms. The van der Waals surface area contributed by atoms with E-state index in [1.165, 1.54) is 0 Å². The number of hydrogen-bond acceptors (Lipinski definition) is 2. The van der Waals surface area contributed by atoms with Gasteiger partial charge in [0.2, 0.25) is 11.8 Å². The lowest BCUT2D eigenvalue weighted by atomic mass is 10.1. The number of anilines is 1. The van der Waals surface area contributed by atoms with E-state index in [0.29, 0.717) is 11.6 Å². The second kappa shape index (κ2) is 7.05. The Balaban J connectivity index is 1.66. The van der Waals surface area contributed by atoms with Crippen molar-refractivity contribution in [2.45, 2.75) is 19.4 Å². The predicted octanol–water partition coefficient (Wildman–Crippen LogP) is 3.57. The van der Waals surface area contributed by atoms with E-state index in [4.69, 9.17) is 11.6 Å². The SMILES string of the molecule is CC(NC(=O)C1CC(=O)N(c2cccc(Cl)c2)C1)c1ccccc1. The summed E-state index contributed by atoms with van der Waals surface area (Å²) in [7, 11) is 0. The molecule has 0 aromatic heterocycles. The number of carbonyl (C=O) groups excluding carboxylic acids is 2. The maximum Gasteiger partial charge on any atom is 0.227 e. The highest BCUT2D eigenvalue weighted by molar-refractivity contribution is 6.30. The molecular weight excluding hydrogens is 324 g/mol. The number of carbonyl (C=O) groups is 2. The van der Waals surface area contributed by atoms with Crippen molar-refractivity contribution in [3.8, 4) is 0 Å². The number of nitrogens with one attached hydrogen (secondary N) is 1. The Labute approximate surface area is 146 Å². The lowest BCUT2D eigenvalue weighted by Crippen LogP contribution is -2.34. The fraction of sp³-hybridized carbons (Fsp3) is 0.263. The van der Waals surface area contributed by atoms with Crippen LogP contribution in [0.15, 0.2) is 54.6 Å². The molecule has 1 aliphatic heterocycles. The van der Waals surface area contributed by atoms with Crippen LogP contribution >= 0.6 is 11.6 Å². The maximum absolute atomic E-state index is 12.5. The molecule has 0 bridgehead atoms. The second-order valence-corrected chi connectivity index (χ2v) is 6.46. The van der Waals surface area contributed by atoms with Gasteiger partial charge in [0.25, 0.3) is 0 Å². The van der Waals surface area contributed by atoms with E-state index in [9.17, 15) is 9.59 Å². The van der Waals surface area contributed by atoms with Gasteiger partial charge in [0.15, 0.2) is 0 Å². The highest BCUT2D eigenvalue weighted by atomic mass is 35.5. The Kier molecular flexibility index (Phi) is 4.86. The van der Waals surface area contributed by atoms with Crippen LogP contribution in [0.1, 0.15) is 24.9 Å². The van der Waals surface area contributed by atoms with Crippen molar-refractivity contribution in [2.24, 2.45) is 5.92 Å². The van der Waals surface area contributed by atoms with Gasteiger partial charge in [-0.15, -0.1) is 0 Å². The summed E-state index contributed by atoms with van der Waals surface area (Å²) in [5, 5.41) is 3.57. The Bertz CT molecular complexity index is 748. The maximum atomic E-state index is 12.5. The molecule has 2 atom stereocenters. The minimum absolute atomic E-state index is 0.0511. The molecule has 3 rings (SSSR count). The van der Waals surface area contributed by atoms with Gasteiger partial charge in [0.1, 0.15) is 0 Å². The van der Waals surface area contributed by atoms with E-state index in [1.54, 1.807) is 23.1 Å². The fourth-order valence-electron chi connectivity index (χ4n) is 2.93. The molecule has 4 nitrogen and oxygen atoms in total. The zero-order valence-corrected chi connectivity index (χ0v) is 14.2. The number of nitrogens with zero attached hydrogens (tertiary/aromatic N) is 1. The molecule has 2 aromatic rings. The summed E-state index contributed by atoms with van der Waals surface area (Å²) in [6.45, 7) is 2.32. The standard InChI is InChI=1S/C19H19ClN2O2/c1-13(14-6-3-2-4-7-14)21-19(24)15-10-18(23)22(12-15)17-9-5-8-16(20)11-17/h2-9,11,13,15H,10,12H2,1H3,(H,21,24). The van der Waals surface area contributed by atoms with Crippen molar-refractivity contribution in [3.63, 3.8) is 0 Å². The first-order chi connectivity index (χ1) is 11.5. The van der Waals surface area contributed by atoms with Crippen molar-refractivity contribution >= 4 is 29.1 Å². The van der Waals surface area contributed by atoms with Gasteiger partial charge < -0.3 is 10.2 Å². The molecule has 1 fully saturated rings. The van der Waals surface area contributed by atoms with Gasteiger partial charge in [-0.3, -0.25) is 9.59 Å². The van der Waals surface area contributed by atoms with Crippen LogP contribution in [0.3, 0.4) is 0 Å². The van der Waals surface area contributed by atoms with E-state index in [0.717, 1.165) is 11.3 Å². The minimum Gasteiger partial charge on any atom is -0.349 e. The van der Waals surface area contributed by atoms with E-state index >= 15 is 0 Å². The smallest absolute Gasteiger partial charge is 0.227 e. The number of rotatable bonds is 4. The summed E-state index contributed by atoms with van der Waals surface area (Å²) in [5.74, 6) is -0.489. The average Bonchev–Trinajstić information content (AvgIpc) is 2.97. The summed E-state index contributed by atoms with van der Waals surface area (Å²) in [4.78, 5) is 26.4. The number of benzene rings is 2. The summed E-state index contributed by atoms with van der Waals surface area (Å²) >= 11 is 5.99. The monoisotopic (exact) mass is 342 g/mol. The Morgan fingerprint density at radius 2 is 1.96 bits per heavy atom. The van der Waals surface area contributed by atoms with Crippen molar-refractivity contribution in [1.29, 1.82) is 0 Å². The number of halogens is 1. The molecule has 0 radical (unpaired) electrons. The van der Waals surface area contributed by atoms with Gasteiger partial charge >= 0.3 is 0 Å². The summed E-state index contributed by atoms with van der Waals surface area (Å²) < 4.78 is 0. The van der Waals surface area contributed by atoms with Crippen molar-refractivity contribution in [2.75, 3.05) is 11.4 Å². The van der Waals surface area contributed by atoms with Crippen molar-refractivity contribution in [1.82, 2.24) is 5.32 Å². The zero-order valence-electron chi connectivity index (χ0n) is 13.4. The van der Waals surface area contributed by atoms with Crippen LogP contribution in [-0.2, 0) is 9.59 Å². The highest BCUT2D eigenvalue weighted by Gasteiger charge is 2.35. The van der Waals surface area contributed by atoms with E-state index in [-0.39, 0.29) is 30.2 Å². The molecular formula is C19H19ClN2O2. The van der Waals surface area contributed by atoms with Crippen LogP contribution in [0.5, 0.6) is 0 Å². The third-order valence-corrected chi connectivity index (χ3v) is 4.51. The van der Waals surface area contributed by atoms with Crippen LogP contribution in [0, 0.1) is 5.92 Å². The van der Waals surface area contributed by atoms with Crippen molar-refractivity contribution in [3.05, 3.63) is 65.2 Å². The molecule has 2 aromatic carbocycles. The van der Waals surface area contributed by atoms with Crippen molar-refractivity contribution < 1.29 is 9.59 Å². The normalized spacial score (nSPS) is 18.5. The summed E-state index contributed by atoms with van der Waals surface area (Å²) in [5.41, 5.74) is 1.78. The molecule has 1 aliphatic rings. The molecule has 0 aliphatic carbocycles. The lowest BCUT2D eigenvalue weighted by molar-refractivity contribution is -0.126. The van der Waals surface area contributed by atoms with E-state index in [2.05, 4.69) is 5.32 Å². The molecule has 1 saturated heterocycles. The predicted molar refractivity (Wildman–Crippen MR) is 94.9 cm³/mol. The molecule has 124 valence electrons. The number of hydrogen-bond donors (Lipinski definition) is 1. The molecule has 0 spiro atoms. The molecule has 1 heterocycles. The molecule has 1 N–H and O–H groups in total. The highest BCUT2D eigenvalue weighted by Crippen LogP contribution is 2.27. The number of amides is 2. The third-order valence-electron chi connectivity index (χ3n) is 4.27. The van der Waals surface area contributed by atoms with Gasteiger partial charge in [-0.1, -0.05) is 48.0 Å². The van der Waals surface area contributed by atoms with Crippen LogP contribution in [0.2, 0.25) is 5.02 Å². The van der Waals surface area contributed by atoms with E-state index in [1.807, 2.05) is 43.3 Å².